The van der Waals surface area contributed by atoms with Crippen molar-refractivity contribution < 1.29 is 27.8 Å². The van der Waals surface area contributed by atoms with Crippen LogP contribution in [0.3, 0.4) is 0 Å². The fourth-order valence-electron chi connectivity index (χ4n) is 2.35. The molecule has 0 amide bonds. The maximum Gasteiger partial charge on any atom is 0.411 e. The highest BCUT2D eigenvalue weighted by Crippen LogP contribution is 2.25. The third-order valence-corrected chi connectivity index (χ3v) is 3.34. The summed E-state index contributed by atoms with van der Waals surface area (Å²) in [6.45, 7) is -1.84. The van der Waals surface area contributed by atoms with Gasteiger partial charge >= 0.3 is 6.18 Å². The summed E-state index contributed by atoms with van der Waals surface area (Å²) < 4.78 is 45.4. The molecular formula is C15H19F3O3. The predicted octanol–water partition coefficient (Wildman–Crippen LogP) is 2.88. The highest BCUT2D eigenvalue weighted by atomic mass is 19.4. The van der Waals surface area contributed by atoms with Crippen molar-refractivity contribution in [1.29, 1.82) is 0 Å². The first kappa shape index (κ1) is 16.1. The van der Waals surface area contributed by atoms with E-state index >= 15 is 0 Å². The molecule has 1 aliphatic rings. The van der Waals surface area contributed by atoms with Gasteiger partial charge in [-0.1, -0.05) is 6.07 Å². The third-order valence-electron chi connectivity index (χ3n) is 3.34. The molecule has 0 aliphatic heterocycles. The van der Waals surface area contributed by atoms with Crippen LogP contribution in [0, 0.1) is 0 Å². The van der Waals surface area contributed by atoms with Gasteiger partial charge in [0, 0.05) is 0 Å². The number of benzene rings is 1. The molecular weight excluding hydrogens is 285 g/mol. The van der Waals surface area contributed by atoms with Gasteiger partial charge in [0.15, 0.2) is 0 Å². The summed E-state index contributed by atoms with van der Waals surface area (Å²) in [4.78, 5) is 0. The van der Waals surface area contributed by atoms with Crippen LogP contribution in [0.25, 0.3) is 0 Å². The minimum Gasteiger partial charge on any atom is -0.491 e. The van der Waals surface area contributed by atoms with E-state index < -0.39 is 25.5 Å². The van der Waals surface area contributed by atoms with E-state index in [2.05, 4.69) is 4.74 Å². The van der Waals surface area contributed by atoms with Gasteiger partial charge in [0.1, 0.15) is 25.1 Å². The lowest BCUT2D eigenvalue weighted by molar-refractivity contribution is -0.179. The number of halogens is 3. The second-order valence-corrected chi connectivity index (χ2v) is 5.23. The molecule has 0 heterocycles. The van der Waals surface area contributed by atoms with Gasteiger partial charge in [-0.25, -0.2) is 0 Å². The lowest BCUT2D eigenvalue weighted by atomic mass is 9.92. The first-order chi connectivity index (χ1) is 9.94. The molecule has 0 spiro atoms. The van der Waals surface area contributed by atoms with E-state index in [0.29, 0.717) is 5.75 Å². The lowest BCUT2D eigenvalue weighted by Gasteiger charge is -2.18. The van der Waals surface area contributed by atoms with Gasteiger partial charge in [0.05, 0.1) is 6.61 Å². The van der Waals surface area contributed by atoms with Crippen LogP contribution in [0.15, 0.2) is 18.2 Å². The molecule has 0 fully saturated rings. The Labute approximate surface area is 121 Å². The molecule has 1 aromatic rings. The molecule has 2 rings (SSSR count). The number of hydrogen-bond acceptors (Lipinski definition) is 3. The molecule has 0 saturated heterocycles. The molecule has 1 N–H and O–H groups in total. The van der Waals surface area contributed by atoms with Crippen molar-refractivity contribution in [2.45, 2.75) is 38.0 Å². The van der Waals surface area contributed by atoms with Crippen molar-refractivity contribution in [1.82, 2.24) is 0 Å². The van der Waals surface area contributed by atoms with E-state index in [0.717, 1.165) is 19.3 Å². The van der Waals surface area contributed by atoms with Crippen molar-refractivity contribution in [2.24, 2.45) is 0 Å². The van der Waals surface area contributed by atoms with Gasteiger partial charge in [-0.05, 0) is 48.9 Å². The number of fused-ring (bicyclic) bond motifs is 1. The van der Waals surface area contributed by atoms with E-state index in [9.17, 15) is 18.3 Å². The number of ether oxygens (including phenoxy) is 2. The zero-order valence-electron chi connectivity index (χ0n) is 11.7. The molecule has 0 radical (unpaired) electrons. The van der Waals surface area contributed by atoms with Crippen molar-refractivity contribution >= 4 is 0 Å². The zero-order chi connectivity index (χ0) is 15.3. The molecule has 1 aromatic carbocycles. The molecule has 1 aliphatic carbocycles. The van der Waals surface area contributed by atoms with Gasteiger partial charge in [-0.3, -0.25) is 0 Å². The molecule has 0 bridgehead atoms. The monoisotopic (exact) mass is 304 g/mol. The van der Waals surface area contributed by atoms with Crippen molar-refractivity contribution in [3.63, 3.8) is 0 Å². The largest absolute Gasteiger partial charge is 0.491 e. The highest BCUT2D eigenvalue weighted by Gasteiger charge is 2.27. The topological polar surface area (TPSA) is 38.7 Å². The Hall–Kier alpha value is -1.27. The second kappa shape index (κ2) is 7.13. The van der Waals surface area contributed by atoms with Crippen molar-refractivity contribution in [3.8, 4) is 5.75 Å². The van der Waals surface area contributed by atoms with Crippen LogP contribution < -0.4 is 4.74 Å². The van der Waals surface area contributed by atoms with Crippen LogP contribution >= 0.6 is 0 Å². The Kier molecular flexibility index (Phi) is 5.47. The summed E-state index contributed by atoms with van der Waals surface area (Å²) in [6.07, 6.45) is -1.01. The van der Waals surface area contributed by atoms with Crippen molar-refractivity contribution in [3.05, 3.63) is 29.3 Å². The Balaban J connectivity index is 1.75. The molecule has 6 heteroatoms. The van der Waals surface area contributed by atoms with Gasteiger partial charge in [-0.15, -0.1) is 0 Å². The standard InChI is InChI=1S/C15H19F3O3/c16-15(17,18)10-20-8-13(19)9-21-14-6-5-11-3-1-2-4-12(11)7-14/h5-7,13,19H,1-4,8-10H2. The number of alkyl halides is 3. The summed E-state index contributed by atoms with van der Waals surface area (Å²) in [5, 5.41) is 9.53. The SMILES string of the molecule is OC(COCC(F)(F)F)COc1ccc2c(c1)CCCC2. The summed E-state index contributed by atoms with van der Waals surface area (Å²) in [5.41, 5.74) is 2.57. The highest BCUT2D eigenvalue weighted by molar-refractivity contribution is 5.37. The summed E-state index contributed by atoms with van der Waals surface area (Å²) in [7, 11) is 0. The predicted molar refractivity (Wildman–Crippen MR) is 71.5 cm³/mol. The van der Waals surface area contributed by atoms with Crippen LogP contribution in [0.1, 0.15) is 24.0 Å². The smallest absolute Gasteiger partial charge is 0.411 e. The van der Waals surface area contributed by atoms with Gasteiger partial charge < -0.3 is 14.6 Å². The average molecular weight is 304 g/mol. The zero-order valence-corrected chi connectivity index (χ0v) is 11.7. The number of hydrogen-bond donors (Lipinski definition) is 1. The first-order valence-corrected chi connectivity index (χ1v) is 7.01. The molecule has 0 saturated carbocycles. The summed E-state index contributed by atoms with van der Waals surface area (Å²) in [5.74, 6) is 0.630. The maximum absolute atomic E-state index is 11.9. The van der Waals surface area contributed by atoms with Crippen LogP contribution in [0.4, 0.5) is 13.2 Å². The fraction of sp³-hybridized carbons (Fsp3) is 0.600. The van der Waals surface area contributed by atoms with Crippen LogP contribution in [0.2, 0.25) is 0 Å². The number of aliphatic hydroxyl groups excluding tert-OH is 1. The Bertz CT molecular complexity index is 460. The second-order valence-electron chi connectivity index (χ2n) is 5.23. The van der Waals surface area contributed by atoms with E-state index in [4.69, 9.17) is 4.74 Å². The van der Waals surface area contributed by atoms with Crippen molar-refractivity contribution in [2.75, 3.05) is 19.8 Å². The average Bonchev–Trinajstić information content (AvgIpc) is 2.43. The molecule has 21 heavy (non-hydrogen) atoms. The normalized spacial score (nSPS) is 16.4. The number of rotatable bonds is 6. The minimum atomic E-state index is -4.38. The Morgan fingerprint density at radius 1 is 1.10 bits per heavy atom. The Morgan fingerprint density at radius 3 is 2.52 bits per heavy atom. The van der Waals surface area contributed by atoms with Gasteiger partial charge in [0.25, 0.3) is 0 Å². The summed E-state index contributed by atoms with van der Waals surface area (Å²) >= 11 is 0. The van der Waals surface area contributed by atoms with E-state index in [-0.39, 0.29) is 6.61 Å². The lowest BCUT2D eigenvalue weighted by Crippen LogP contribution is -2.27. The minimum absolute atomic E-state index is 0.0867. The number of aryl methyl sites for hydroxylation is 2. The van der Waals surface area contributed by atoms with Crippen LogP contribution in [0.5, 0.6) is 5.75 Å². The molecule has 3 nitrogen and oxygen atoms in total. The summed E-state index contributed by atoms with van der Waals surface area (Å²) in [6, 6.07) is 5.78. The maximum atomic E-state index is 11.9. The van der Waals surface area contributed by atoms with E-state index in [1.165, 1.54) is 17.5 Å². The third kappa shape index (κ3) is 5.55. The number of aliphatic hydroxyl groups is 1. The van der Waals surface area contributed by atoms with E-state index in [1.54, 1.807) is 0 Å². The molecule has 0 aromatic heterocycles. The Morgan fingerprint density at radius 2 is 1.81 bits per heavy atom. The van der Waals surface area contributed by atoms with Crippen LogP contribution in [-0.4, -0.2) is 37.2 Å². The first-order valence-electron chi connectivity index (χ1n) is 7.01. The fourth-order valence-corrected chi connectivity index (χ4v) is 2.35. The molecule has 1 unspecified atom stereocenters. The molecule has 118 valence electrons. The van der Waals surface area contributed by atoms with Crippen LogP contribution in [-0.2, 0) is 17.6 Å². The molecule has 1 atom stereocenters. The van der Waals surface area contributed by atoms with E-state index in [1.807, 2.05) is 18.2 Å². The quantitative estimate of drug-likeness (QED) is 0.878. The van der Waals surface area contributed by atoms with Gasteiger partial charge in [-0.2, -0.15) is 13.2 Å². The van der Waals surface area contributed by atoms with Gasteiger partial charge in [0.2, 0.25) is 0 Å².